The van der Waals surface area contributed by atoms with E-state index in [2.05, 4.69) is 6.58 Å². The lowest BCUT2D eigenvalue weighted by molar-refractivity contribution is -0.148. The van der Waals surface area contributed by atoms with Gasteiger partial charge in [-0.2, -0.15) is 0 Å². The number of carbonyl (C=O) groups is 1. The summed E-state index contributed by atoms with van der Waals surface area (Å²) >= 11 is 0. The Labute approximate surface area is 106 Å². The maximum Gasteiger partial charge on any atom is 0.366 e. The van der Waals surface area contributed by atoms with E-state index < -0.39 is 20.5 Å². The molecule has 0 heterocycles. The summed E-state index contributed by atoms with van der Waals surface area (Å²) in [5, 5.41) is -0.633. The molecule has 0 aliphatic rings. The van der Waals surface area contributed by atoms with Crippen LogP contribution in [0.2, 0.25) is 0 Å². The molecular formula is C12H24O4Si. The lowest BCUT2D eigenvalue weighted by Gasteiger charge is -2.34. The van der Waals surface area contributed by atoms with Crippen molar-refractivity contribution in [2.45, 2.75) is 45.8 Å². The van der Waals surface area contributed by atoms with Gasteiger partial charge in [0.15, 0.2) is 0 Å². The molecule has 0 radical (unpaired) electrons. The summed E-state index contributed by atoms with van der Waals surface area (Å²) in [6.07, 6.45) is 2.82. The van der Waals surface area contributed by atoms with Gasteiger partial charge in [-0.1, -0.05) is 19.9 Å². The molecule has 5 heteroatoms. The van der Waals surface area contributed by atoms with E-state index in [1.807, 2.05) is 27.7 Å². The molecule has 0 spiro atoms. The molecule has 0 bridgehead atoms. The van der Waals surface area contributed by atoms with Crippen molar-refractivity contribution in [2.75, 3.05) is 13.2 Å². The van der Waals surface area contributed by atoms with Crippen molar-refractivity contribution < 1.29 is 18.4 Å². The molecule has 4 nitrogen and oxygen atoms in total. The zero-order valence-electron chi connectivity index (χ0n) is 11.3. The van der Waals surface area contributed by atoms with Crippen LogP contribution in [0.15, 0.2) is 12.7 Å². The Morgan fingerprint density at radius 2 is 1.82 bits per heavy atom. The number of hydrogen-bond acceptors (Lipinski definition) is 4. The van der Waals surface area contributed by atoms with E-state index in [0.29, 0.717) is 13.2 Å². The van der Waals surface area contributed by atoms with Crippen LogP contribution < -0.4 is 0 Å². The maximum absolute atomic E-state index is 11.4. The van der Waals surface area contributed by atoms with Gasteiger partial charge in [0, 0.05) is 19.3 Å². The van der Waals surface area contributed by atoms with Crippen LogP contribution in [0.1, 0.15) is 40.5 Å². The summed E-state index contributed by atoms with van der Waals surface area (Å²) in [7, 11) is -2.04. The Morgan fingerprint density at radius 3 is 2.18 bits per heavy atom. The average molecular weight is 260 g/mol. The summed E-state index contributed by atoms with van der Waals surface area (Å²) in [4.78, 5) is 11.4. The molecule has 0 aliphatic heterocycles. The highest BCUT2D eigenvalue weighted by atomic mass is 28.3. The smallest absolute Gasteiger partial charge is 0.366 e. The SMILES string of the molecule is C=CC(=O)OC(C)(CCC)[SiH](OCC)OCC. The van der Waals surface area contributed by atoms with E-state index in [4.69, 9.17) is 13.6 Å². The first-order valence-corrected chi connectivity index (χ1v) is 7.64. The van der Waals surface area contributed by atoms with Crippen molar-refractivity contribution in [1.82, 2.24) is 0 Å². The molecule has 0 saturated carbocycles. The van der Waals surface area contributed by atoms with Crippen LogP contribution in [0.4, 0.5) is 0 Å². The lowest BCUT2D eigenvalue weighted by atomic mass is 10.2. The molecule has 0 aromatic heterocycles. The van der Waals surface area contributed by atoms with Crippen LogP contribution >= 0.6 is 0 Å². The molecule has 0 amide bonds. The number of carbonyl (C=O) groups excluding carboxylic acids is 1. The summed E-state index contributed by atoms with van der Waals surface area (Å²) in [6.45, 7) is 12.3. The van der Waals surface area contributed by atoms with Gasteiger partial charge in [-0.3, -0.25) is 0 Å². The molecule has 100 valence electrons. The minimum Gasteiger partial charge on any atom is -0.455 e. The van der Waals surface area contributed by atoms with Crippen LogP contribution in [0.25, 0.3) is 0 Å². The third kappa shape index (κ3) is 5.47. The zero-order valence-corrected chi connectivity index (χ0v) is 12.5. The molecule has 0 fully saturated rings. The first kappa shape index (κ1) is 16.3. The maximum atomic E-state index is 11.4. The summed E-state index contributed by atoms with van der Waals surface area (Å²) in [5.41, 5.74) is 0. The standard InChI is InChI=1S/C12H24O4Si/c1-6-10-12(5,16-11(13)7-2)17(14-8-3)15-9-4/h7,17H,2,6,8-10H2,1,3-5H3. The highest BCUT2D eigenvalue weighted by molar-refractivity contribution is 6.48. The van der Waals surface area contributed by atoms with Crippen LogP contribution in [-0.2, 0) is 18.4 Å². The van der Waals surface area contributed by atoms with Crippen LogP contribution in [0.3, 0.4) is 0 Å². The van der Waals surface area contributed by atoms with Gasteiger partial charge in [0.1, 0.15) is 5.22 Å². The second-order valence-corrected chi connectivity index (χ2v) is 6.48. The fourth-order valence-electron chi connectivity index (χ4n) is 1.69. The normalized spacial score (nSPS) is 14.4. The number of rotatable bonds is 9. The Morgan fingerprint density at radius 1 is 1.29 bits per heavy atom. The number of esters is 1. The number of hydrogen-bond donors (Lipinski definition) is 0. The largest absolute Gasteiger partial charge is 0.455 e. The monoisotopic (exact) mass is 260 g/mol. The van der Waals surface area contributed by atoms with Gasteiger partial charge < -0.3 is 13.6 Å². The van der Waals surface area contributed by atoms with E-state index in [0.717, 1.165) is 12.8 Å². The van der Waals surface area contributed by atoms with E-state index in [9.17, 15) is 4.79 Å². The van der Waals surface area contributed by atoms with Gasteiger partial charge in [-0.05, 0) is 27.2 Å². The summed E-state index contributed by atoms with van der Waals surface area (Å²) in [5.74, 6) is -0.419. The molecule has 1 atom stereocenters. The predicted molar refractivity (Wildman–Crippen MR) is 70.0 cm³/mol. The van der Waals surface area contributed by atoms with E-state index >= 15 is 0 Å². The molecule has 0 N–H and O–H groups in total. The van der Waals surface area contributed by atoms with Crippen LogP contribution in [0.5, 0.6) is 0 Å². The van der Waals surface area contributed by atoms with E-state index in [-0.39, 0.29) is 0 Å². The third-order valence-corrected chi connectivity index (χ3v) is 5.06. The fourth-order valence-corrected chi connectivity index (χ4v) is 3.83. The average Bonchev–Trinajstić information content (AvgIpc) is 2.29. The van der Waals surface area contributed by atoms with Crippen molar-refractivity contribution in [1.29, 1.82) is 0 Å². The van der Waals surface area contributed by atoms with Gasteiger partial charge in [0.2, 0.25) is 0 Å². The Bertz CT molecular complexity index is 239. The summed E-state index contributed by atoms with van der Waals surface area (Å²) < 4.78 is 16.8. The Kier molecular flexibility index (Phi) is 8.12. The van der Waals surface area contributed by atoms with Crippen molar-refractivity contribution in [3.63, 3.8) is 0 Å². The van der Waals surface area contributed by atoms with E-state index in [1.165, 1.54) is 6.08 Å². The molecule has 17 heavy (non-hydrogen) atoms. The second kappa shape index (κ2) is 8.44. The highest BCUT2D eigenvalue weighted by Gasteiger charge is 2.41. The lowest BCUT2D eigenvalue weighted by Crippen LogP contribution is -2.51. The first-order chi connectivity index (χ1) is 8.03. The Balaban J connectivity index is 4.82. The second-order valence-electron chi connectivity index (χ2n) is 3.93. The predicted octanol–water partition coefficient (Wildman–Crippen LogP) is 2.11. The van der Waals surface area contributed by atoms with Gasteiger partial charge in [0.05, 0.1) is 0 Å². The zero-order chi connectivity index (χ0) is 13.3. The molecular weight excluding hydrogens is 236 g/mol. The molecule has 0 aromatic carbocycles. The fraction of sp³-hybridized carbons (Fsp3) is 0.750. The van der Waals surface area contributed by atoms with Crippen molar-refractivity contribution >= 4 is 15.3 Å². The molecule has 1 unspecified atom stereocenters. The first-order valence-electron chi connectivity index (χ1n) is 6.12. The van der Waals surface area contributed by atoms with Crippen LogP contribution in [0, 0.1) is 0 Å². The molecule has 0 aliphatic carbocycles. The summed E-state index contributed by atoms with van der Waals surface area (Å²) in [6, 6.07) is 0. The minimum atomic E-state index is -2.04. The molecule has 0 rings (SSSR count). The molecule has 0 aromatic rings. The highest BCUT2D eigenvalue weighted by Crippen LogP contribution is 2.23. The van der Waals surface area contributed by atoms with Gasteiger partial charge in [0.25, 0.3) is 0 Å². The van der Waals surface area contributed by atoms with Gasteiger partial charge in [-0.15, -0.1) is 0 Å². The van der Waals surface area contributed by atoms with Crippen LogP contribution in [-0.4, -0.2) is 33.7 Å². The quantitative estimate of drug-likeness (QED) is 0.362. The number of ether oxygens (including phenoxy) is 1. The molecule has 0 saturated heterocycles. The third-order valence-electron chi connectivity index (χ3n) is 2.38. The topological polar surface area (TPSA) is 44.8 Å². The van der Waals surface area contributed by atoms with E-state index in [1.54, 1.807) is 0 Å². The Hall–Kier alpha value is -0.653. The van der Waals surface area contributed by atoms with Gasteiger partial charge in [-0.25, -0.2) is 4.79 Å². The van der Waals surface area contributed by atoms with Crippen molar-refractivity contribution in [3.8, 4) is 0 Å². The van der Waals surface area contributed by atoms with Crippen molar-refractivity contribution in [2.24, 2.45) is 0 Å². The van der Waals surface area contributed by atoms with Gasteiger partial charge >= 0.3 is 15.3 Å². The van der Waals surface area contributed by atoms with Crippen molar-refractivity contribution in [3.05, 3.63) is 12.7 Å². The minimum absolute atomic E-state index is 0.419.